The molecule has 1 aromatic heterocycles. The predicted octanol–water partition coefficient (Wildman–Crippen LogP) is 1.38. The van der Waals surface area contributed by atoms with Gasteiger partial charge in [-0.1, -0.05) is 0 Å². The van der Waals surface area contributed by atoms with Gasteiger partial charge in [0.25, 0.3) is 0 Å². The van der Waals surface area contributed by atoms with Crippen molar-refractivity contribution < 1.29 is 25.2 Å². The standard InChI is InChI=1S/C11H11N2O.Ir/c1-13-10(8-14)7-12-11(13)9-5-3-2-4-6-9;/h2-5,7,14H,8H2,1H3;/q-1;. The summed E-state index contributed by atoms with van der Waals surface area (Å²) in [5.74, 6) is 0.828. The predicted molar refractivity (Wildman–Crippen MR) is 53.4 cm³/mol. The molecule has 1 radical (unpaired) electrons. The van der Waals surface area contributed by atoms with E-state index >= 15 is 0 Å². The van der Waals surface area contributed by atoms with Crippen molar-refractivity contribution in [1.29, 1.82) is 0 Å². The van der Waals surface area contributed by atoms with Gasteiger partial charge >= 0.3 is 0 Å². The van der Waals surface area contributed by atoms with Crippen molar-refractivity contribution in [3.63, 3.8) is 0 Å². The molecule has 0 atom stereocenters. The molecular weight excluding hydrogens is 368 g/mol. The van der Waals surface area contributed by atoms with Gasteiger partial charge in [0, 0.05) is 33.3 Å². The summed E-state index contributed by atoms with van der Waals surface area (Å²) in [7, 11) is 1.88. The topological polar surface area (TPSA) is 38.0 Å². The van der Waals surface area contributed by atoms with Crippen LogP contribution in [0.15, 0.2) is 30.5 Å². The molecule has 0 aliphatic heterocycles. The summed E-state index contributed by atoms with van der Waals surface area (Å²) in [6.45, 7) is 0.0103. The first kappa shape index (κ1) is 12.1. The fourth-order valence-electron chi connectivity index (χ4n) is 1.37. The third kappa shape index (κ3) is 2.34. The zero-order valence-electron chi connectivity index (χ0n) is 8.27. The average molecular weight is 379 g/mol. The second kappa shape index (κ2) is 5.21. The largest absolute Gasteiger partial charge is 0.390 e. The van der Waals surface area contributed by atoms with E-state index < -0.39 is 0 Å². The molecule has 0 aliphatic carbocycles. The smallest absolute Gasteiger partial charge is 0.0841 e. The molecule has 0 bridgehead atoms. The van der Waals surface area contributed by atoms with Gasteiger partial charge < -0.3 is 9.67 Å². The number of aromatic nitrogens is 2. The molecule has 0 unspecified atom stereocenters. The van der Waals surface area contributed by atoms with Gasteiger partial charge in [-0.25, -0.2) is 0 Å². The maximum Gasteiger partial charge on any atom is 0.0841 e. The summed E-state index contributed by atoms with van der Waals surface area (Å²) in [5.41, 5.74) is 1.74. The van der Waals surface area contributed by atoms with Crippen molar-refractivity contribution in [2.24, 2.45) is 7.05 Å². The second-order valence-corrected chi connectivity index (χ2v) is 3.07. The quantitative estimate of drug-likeness (QED) is 0.801. The minimum Gasteiger partial charge on any atom is -0.390 e. The van der Waals surface area contributed by atoms with Crippen molar-refractivity contribution in [3.8, 4) is 11.4 Å². The van der Waals surface area contributed by atoms with Crippen LogP contribution in [0.2, 0.25) is 0 Å². The number of rotatable bonds is 2. The molecule has 0 fully saturated rings. The van der Waals surface area contributed by atoms with E-state index in [9.17, 15) is 0 Å². The van der Waals surface area contributed by atoms with E-state index in [4.69, 9.17) is 5.11 Å². The van der Waals surface area contributed by atoms with E-state index in [1.807, 2.05) is 35.9 Å². The minimum absolute atomic E-state index is 0. The Kier molecular flexibility index (Phi) is 4.21. The van der Waals surface area contributed by atoms with Gasteiger partial charge in [-0.3, -0.25) is 4.98 Å². The van der Waals surface area contributed by atoms with E-state index in [0.717, 1.165) is 17.1 Å². The normalized spacial score (nSPS) is 9.73. The number of nitrogens with zero attached hydrogens (tertiary/aromatic N) is 2. The molecule has 2 rings (SSSR count). The first-order chi connectivity index (χ1) is 6.83. The molecule has 0 aliphatic rings. The van der Waals surface area contributed by atoms with E-state index in [1.54, 1.807) is 6.20 Å². The molecule has 3 nitrogen and oxygen atoms in total. The molecule has 1 N–H and O–H groups in total. The van der Waals surface area contributed by atoms with Gasteiger partial charge in [0.15, 0.2) is 0 Å². The fraction of sp³-hybridized carbons (Fsp3) is 0.182. The molecular formula is C11H11IrN2O-. The SMILES string of the molecule is Cn1c(CO)cnc1-c1[c-]cccc1.[Ir]. The Hall–Kier alpha value is -0.961. The second-order valence-electron chi connectivity index (χ2n) is 3.07. The molecule has 15 heavy (non-hydrogen) atoms. The maximum atomic E-state index is 9.01. The van der Waals surface area contributed by atoms with E-state index in [0.29, 0.717) is 0 Å². The minimum atomic E-state index is 0. The van der Waals surface area contributed by atoms with Crippen LogP contribution in [0, 0.1) is 6.07 Å². The summed E-state index contributed by atoms with van der Waals surface area (Å²) < 4.78 is 1.87. The summed E-state index contributed by atoms with van der Waals surface area (Å²) in [6.07, 6.45) is 1.68. The van der Waals surface area contributed by atoms with Gasteiger partial charge in [-0.15, -0.1) is 35.9 Å². The van der Waals surface area contributed by atoms with Crippen LogP contribution in [0.3, 0.4) is 0 Å². The van der Waals surface area contributed by atoms with Crippen molar-refractivity contribution in [3.05, 3.63) is 42.2 Å². The van der Waals surface area contributed by atoms with Gasteiger partial charge in [0.1, 0.15) is 0 Å². The van der Waals surface area contributed by atoms with Gasteiger partial charge in [-0.2, -0.15) is 0 Å². The summed E-state index contributed by atoms with van der Waals surface area (Å²) in [5, 5.41) is 9.01. The zero-order valence-corrected chi connectivity index (χ0v) is 10.7. The monoisotopic (exact) mass is 380 g/mol. The number of hydrogen-bond donors (Lipinski definition) is 1. The first-order valence-corrected chi connectivity index (χ1v) is 4.41. The summed E-state index contributed by atoms with van der Waals surface area (Å²) >= 11 is 0. The van der Waals surface area contributed by atoms with Gasteiger partial charge in [0.2, 0.25) is 0 Å². The van der Waals surface area contributed by atoms with Crippen molar-refractivity contribution in [2.75, 3.05) is 0 Å². The van der Waals surface area contributed by atoms with E-state index in [1.165, 1.54) is 0 Å². The van der Waals surface area contributed by atoms with Crippen LogP contribution < -0.4 is 0 Å². The number of aliphatic hydroxyl groups excluding tert-OH is 1. The summed E-state index contributed by atoms with van der Waals surface area (Å²) in [6, 6.07) is 10.8. The Balaban J connectivity index is 0.00000112. The van der Waals surface area contributed by atoms with Crippen LogP contribution in [0.4, 0.5) is 0 Å². The van der Waals surface area contributed by atoms with Crippen LogP contribution in [0.1, 0.15) is 5.69 Å². The van der Waals surface area contributed by atoms with E-state index in [2.05, 4.69) is 11.1 Å². The Morgan fingerprint density at radius 3 is 2.80 bits per heavy atom. The molecule has 0 saturated heterocycles. The maximum absolute atomic E-state index is 9.01. The van der Waals surface area contributed by atoms with Crippen LogP contribution in [0.25, 0.3) is 11.4 Å². The zero-order chi connectivity index (χ0) is 9.97. The Labute approximate surface area is 102 Å². The Morgan fingerprint density at radius 1 is 1.47 bits per heavy atom. The average Bonchev–Trinajstić information content (AvgIpc) is 2.61. The Morgan fingerprint density at radius 2 is 2.27 bits per heavy atom. The van der Waals surface area contributed by atoms with Gasteiger partial charge in [0.05, 0.1) is 18.1 Å². The van der Waals surface area contributed by atoms with Crippen molar-refractivity contribution >= 4 is 0 Å². The number of benzene rings is 1. The molecule has 2 aromatic rings. The number of aliphatic hydroxyl groups is 1. The molecule has 0 amide bonds. The van der Waals surface area contributed by atoms with Crippen molar-refractivity contribution in [1.82, 2.24) is 9.55 Å². The van der Waals surface area contributed by atoms with Crippen LogP contribution >= 0.6 is 0 Å². The Bertz CT molecular complexity index is 425. The fourth-order valence-corrected chi connectivity index (χ4v) is 1.37. The third-order valence-electron chi connectivity index (χ3n) is 2.20. The van der Waals surface area contributed by atoms with Crippen LogP contribution in [0.5, 0.6) is 0 Å². The third-order valence-corrected chi connectivity index (χ3v) is 2.20. The van der Waals surface area contributed by atoms with Crippen molar-refractivity contribution in [2.45, 2.75) is 6.61 Å². The number of hydrogen-bond acceptors (Lipinski definition) is 2. The number of imidazole rings is 1. The van der Waals surface area contributed by atoms with E-state index in [-0.39, 0.29) is 26.7 Å². The molecule has 1 aromatic carbocycles. The molecule has 0 spiro atoms. The molecule has 1 heterocycles. The molecule has 81 valence electrons. The van der Waals surface area contributed by atoms with Gasteiger partial charge in [-0.05, 0) is 0 Å². The molecule has 4 heteroatoms. The van der Waals surface area contributed by atoms with Crippen LogP contribution in [-0.2, 0) is 33.8 Å². The van der Waals surface area contributed by atoms with Crippen LogP contribution in [-0.4, -0.2) is 14.7 Å². The first-order valence-electron chi connectivity index (χ1n) is 4.41. The molecule has 0 saturated carbocycles. The summed E-state index contributed by atoms with van der Waals surface area (Å²) in [4.78, 5) is 4.23.